The minimum Gasteiger partial charge on any atom is -0.423 e. The lowest BCUT2D eigenvalue weighted by molar-refractivity contribution is -0.133. The molecule has 0 aromatic rings. The Bertz CT molecular complexity index is 569. The molecule has 4 nitrogen and oxygen atoms in total. The summed E-state index contributed by atoms with van der Waals surface area (Å²) in [5, 5.41) is 20.1. The molecule has 1 heterocycles. The largest absolute Gasteiger partial charge is 0.423 e. The van der Waals surface area contributed by atoms with E-state index in [0.29, 0.717) is 18.6 Å². The molecular formula is C16H20O4. The average Bonchev–Trinajstić information content (AvgIpc) is 2.70. The molecule has 3 aliphatic rings. The highest BCUT2D eigenvalue weighted by atomic mass is 16.5. The van der Waals surface area contributed by atoms with E-state index in [2.05, 4.69) is 6.92 Å². The summed E-state index contributed by atoms with van der Waals surface area (Å²) in [5.41, 5.74) is 2.38. The molecule has 0 saturated carbocycles. The van der Waals surface area contributed by atoms with Gasteiger partial charge in [-0.3, -0.25) is 0 Å². The Kier molecular flexibility index (Phi) is 2.92. The number of hydrogen-bond acceptors (Lipinski definition) is 4. The molecule has 0 radical (unpaired) electrons. The van der Waals surface area contributed by atoms with Gasteiger partial charge in [0.05, 0.1) is 12.2 Å². The fraction of sp³-hybridized carbons (Fsp3) is 0.562. The standard InChI is InChI=1S/C16H20O4/c1-4-10-11-7-16(3)8(2)14(18)12(17)5-9(16)6-13(11)20-15(10)19/h5-6,8,12,14,17-18H,4,7H2,1-3H3/t8-,12-,14+,16+/m0/s1. The summed E-state index contributed by atoms with van der Waals surface area (Å²) >= 11 is 0. The van der Waals surface area contributed by atoms with Gasteiger partial charge in [0.15, 0.2) is 0 Å². The molecule has 4 heteroatoms. The van der Waals surface area contributed by atoms with Gasteiger partial charge in [0.1, 0.15) is 5.76 Å². The van der Waals surface area contributed by atoms with E-state index in [1.54, 1.807) is 6.08 Å². The highest BCUT2D eigenvalue weighted by molar-refractivity contribution is 5.94. The molecule has 108 valence electrons. The fourth-order valence-corrected chi connectivity index (χ4v) is 3.56. The molecule has 20 heavy (non-hydrogen) atoms. The van der Waals surface area contributed by atoms with Crippen molar-refractivity contribution in [1.82, 2.24) is 0 Å². The molecule has 2 aliphatic carbocycles. The van der Waals surface area contributed by atoms with Crippen LogP contribution < -0.4 is 0 Å². The maximum absolute atomic E-state index is 11.9. The fourth-order valence-electron chi connectivity index (χ4n) is 3.56. The van der Waals surface area contributed by atoms with Crippen molar-refractivity contribution in [3.8, 4) is 0 Å². The van der Waals surface area contributed by atoms with Gasteiger partial charge in [0, 0.05) is 16.6 Å². The van der Waals surface area contributed by atoms with E-state index < -0.39 is 12.2 Å². The molecule has 0 amide bonds. The number of ether oxygens (including phenoxy) is 1. The summed E-state index contributed by atoms with van der Waals surface area (Å²) < 4.78 is 5.32. The highest BCUT2D eigenvalue weighted by Crippen LogP contribution is 2.53. The molecule has 0 spiro atoms. The van der Waals surface area contributed by atoms with Crippen LogP contribution in [-0.2, 0) is 9.53 Å². The molecule has 1 aliphatic heterocycles. The van der Waals surface area contributed by atoms with Crippen LogP contribution in [0.5, 0.6) is 0 Å². The molecule has 3 rings (SSSR count). The van der Waals surface area contributed by atoms with Crippen molar-refractivity contribution in [3.63, 3.8) is 0 Å². The van der Waals surface area contributed by atoms with E-state index in [0.717, 1.165) is 16.7 Å². The zero-order valence-corrected chi connectivity index (χ0v) is 12.0. The third-order valence-electron chi connectivity index (χ3n) is 5.17. The van der Waals surface area contributed by atoms with E-state index in [4.69, 9.17) is 4.74 Å². The number of rotatable bonds is 1. The normalized spacial score (nSPS) is 39.9. The first kappa shape index (κ1) is 13.6. The Morgan fingerprint density at radius 2 is 2.15 bits per heavy atom. The Hall–Kier alpha value is -1.39. The van der Waals surface area contributed by atoms with Crippen LogP contribution in [0, 0.1) is 11.3 Å². The second kappa shape index (κ2) is 4.30. The summed E-state index contributed by atoms with van der Waals surface area (Å²) in [6, 6.07) is 0. The molecular weight excluding hydrogens is 256 g/mol. The van der Waals surface area contributed by atoms with Gasteiger partial charge in [-0.25, -0.2) is 4.79 Å². The Morgan fingerprint density at radius 1 is 1.45 bits per heavy atom. The third-order valence-corrected chi connectivity index (χ3v) is 5.17. The topological polar surface area (TPSA) is 66.8 Å². The van der Waals surface area contributed by atoms with Crippen molar-refractivity contribution in [1.29, 1.82) is 0 Å². The van der Waals surface area contributed by atoms with Crippen LogP contribution in [0.3, 0.4) is 0 Å². The molecule has 4 atom stereocenters. The van der Waals surface area contributed by atoms with Gasteiger partial charge in [-0.05, 0) is 36.5 Å². The second-order valence-corrected chi connectivity index (χ2v) is 6.19. The number of esters is 1. The first-order valence-electron chi connectivity index (χ1n) is 7.13. The second-order valence-electron chi connectivity index (χ2n) is 6.19. The van der Waals surface area contributed by atoms with E-state index in [1.807, 2.05) is 19.9 Å². The van der Waals surface area contributed by atoms with Crippen molar-refractivity contribution < 1.29 is 19.7 Å². The summed E-state index contributed by atoms with van der Waals surface area (Å²) in [4.78, 5) is 11.9. The SMILES string of the molecule is CCC1=C2C[C@@]3(C)C(=C[C@H](O)[C@H](O)[C@@H]3C)C=C2OC1=O. The molecule has 0 saturated heterocycles. The minimum absolute atomic E-state index is 0.0865. The number of aliphatic hydroxyl groups is 2. The Morgan fingerprint density at radius 3 is 2.80 bits per heavy atom. The molecule has 0 fully saturated rings. The maximum Gasteiger partial charge on any atom is 0.339 e. The van der Waals surface area contributed by atoms with Crippen LogP contribution in [0.4, 0.5) is 0 Å². The zero-order valence-electron chi connectivity index (χ0n) is 12.0. The monoisotopic (exact) mass is 276 g/mol. The van der Waals surface area contributed by atoms with Crippen LogP contribution in [0.25, 0.3) is 0 Å². The minimum atomic E-state index is -0.863. The molecule has 0 bridgehead atoms. The number of hydrogen-bond donors (Lipinski definition) is 2. The van der Waals surface area contributed by atoms with E-state index in [9.17, 15) is 15.0 Å². The van der Waals surface area contributed by atoms with Crippen molar-refractivity contribution in [2.45, 2.75) is 45.8 Å². The lowest BCUT2D eigenvalue weighted by atomic mass is 9.60. The van der Waals surface area contributed by atoms with Crippen molar-refractivity contribution >= 4 is 5.97 Å². The molecule has 0 aromatic carbocycles. The van der Waals surface area contributed by atoms with Crippen LogP contribution in [0.15, 0.2) is 34.6 Å². The lowest BCUT2D eigenvalue weighted by Gasteiger charge is -2.46. The van der Waals surface area contributed by atoms with Crippen molar-refractivity contribution in [2.24, 2.45) is 11.3 Å². The predicted octanol–water partition coefficient (Wildman–Crippen LogP) is 1.84. The first-order chi connectivity index (χ1) is 9.38. The van der Waals surface area contributed by atoms with Crippen LogP contribution in [0.2, 0.25) is 0 Å². The molecule has 0 aromatic heterocycles. The molecule has 0 unspecified atom stereocenters. The number of carbonyl (C=O) groups is 1. The number of aliphatic hydroxyl groups excluding tert-OH is 2. The smallest absolute Gasteiger partial charge is 0.339 e. The Balaban J connectivity index is 2.14. The highest BCUT2D eigenvalue weighted by Gasteiger charge is 2.49. The lowest BCUT2D eigenvalue weighted by Crippen LogP contribution is -2.46. The van der Waals surface area contributed by atoms with Crippen LogP contribution >= 0.6 is 0 Å². The Labute approximate surface area is 118 Å². The summed E-state index contributed by atoms with van der Waals surface area (Å²) in [6.45, 7) is 5.97. The van der Waals surface area contributed by atoms with E-state index in [-0.39, 0.29) is 17.3 Å². The number of fused-ring (bicyclic) bond motifs is 2. The number of allylic oxidation sites excluding steroid dienone is 3. The number of carbonyl (C=O) groups excluding carboxylic acids is 1. The van der Waals surface area contributed by atoms with Gasteiger partial charge >= 0.3 is 5.97 Å². The van der Waals surface area contributed by atoms with Gasteiger partial charge in [-0.1, -0.05) is 20.8 Å². The van der Waals surface area contributed by atoms with Gasteiger partial charge in [0.25, 0.3) is 0 Å². The summed E-state index contributed by atoms with van der Waals surface area (Å²) in [7, 11) is 0. The van der Waals surface area contributed by atoms with E-state index in [1.165, 1.54) is 0 Å². The average molecular weight is 276 g/mol. The first-order valence-corrected chi connectivity index (χ1v) is 7.13. The summed E-state index contributed by atoms with van der Waals surface area (Å²) in [6.07, 6.45) is 3.22. The quantitative estimate of drug-likeness (QED) is 0.717. The predicted molar refractivity (Wildman–Crippen MR) is 73.5 cm³/mol. The van der Waals surface area contributed by atoms with Gasteiger partial charge in [-0.2, -0.15) is 0 Å². The van der Waals surface area contributed by atoms with Crippen molar-refractivity contribution in [3.05, 3.63) is 34.6 Å². The summed E-state index contributed by atoms with van der Waals surface area (Å²) in [5.74, 6) is 0.272. The van der Waals surface area contributed by atoms with Gasteiger partial charge in [-0.15, -0.1) is 0 Å². The maximum atomic E-state index is 11.9. The zero-order chi connectivity index (χ0) is 14.7. The van der Waals surface area contributed by atoms with Crippen LogP contribution in [-0.4, -0.2) is 28.4 Å². The van der Waals surface area contributed by atoms with Crippen molar-refractivity contribution in [2.75, 3.05) is 0 Å². The van der Waals surface area contributed by atoms with Gasteiger partial charge in [0.2, 0.25) is 0 Å². The van der Waals surface area contributed by atoms with Crippen LogP contribution in [0.1, 0.15) is 33.6 Å². The van der Waals surface area contributed by atoms with E-state index >= 15 is 0 Å². The third kappa shape index (κ3) is 1.64. The van der Waals surface area contributed by atoms with Gasteiger partial charge < -0.3 is 14.9 Å². The molecule has 2 N–H and O–H groups in total.